The highest BCUT2D eigenvalue weighted by molar-refractivity contribution is 5.87. The predicted molar refractivity (Wildman–Crippen MR) is 109 cm³/mol. The molecular weight excluding hydrogens is 355 g/mol. The van der Waals surface area contributed by atoms with Crippen LogP contribution in [0, 0.1) is 5.82 Å². The molecule has 28 heavy (non-hydrogen) atoms. The average molecular weight is 376 g/mol. The number of nitrogens with zero attached hydrogens (tertiary/aromatic N) is 2. The van der Waals surface area contributed by atoms with Gasteiger partial charge in [0.2, 0.25) is 0 Å². The zero-order valence-corrected chi connectivity index (χ0v) is 15.9. The summed E-state index contributed by atoms with van der Waals surface area (Å²) in [7, 11) is 3.02. The number of fused-ring (bicyclic) bond motifs is 2. The third-order valence-corrected chi connectivity index (χ3v) is 5.04. The lowest BCUT2D eigenvalue weighted by atomic mass is 10.0. The molecule has 1 heterocycles. The van der Waals surface area contributed by atoms with Crippen molar-refractivity contribution in [2.45, 2.75) is 13.1 Å². The topological polar surface area (TPSA) is 34.5 Å². The van der Waals surface area contributed by atoms with E-state index in [1.165, 1.54) is 40.5 Å². The molecule has 0 atom stereocenters. The molecule has 5 heteroatoms. The Kier molecular flexibility index (Phi) is 4.74. The normalized spacial score (nSPS) is 11.1. The molecule has 0 saturated carbocycles. The van der Waals surface area contributed by atoms with Crippen LogP contribution in [-0.4, -0.2) is 29.7 Å². The van der Waals surface area contributed by atoms with Crippen LogP contribution < -0.4 is 0 Å². The first kappa shape index (κ1) is 18.0. The molecule has 142 valence electrons. The second kappa shape index (κ2) is 7.35. The zero-order chi connectivity index (χ0) is 19.7. The van der Waals surface area contributed by atoms with Crippen LogP contribution >= 0.6 is 0 Å². The Bertz CT molecular complexity index is 1160. The highest BCUT2D eigenvalue weighted by atomic mass is 19.1. The van der Waals surface area contributed by atoms with Crippen LogP contribution in [-0.2, 0) is 17.8 Å². The first-order valence-electron chi connectivity index (χ1n) is 9.10. The predicted octanol–water partition coefficient (Wildman–Crippen LogP) is 5.18. The first-order valence-corrected chi connectivity index (χ1v) is 9.10. The lowest BCUT2D eigenvalue weighted by Crippen LogP contribution is -2.25. The second-order valence-electron chi connectivity index (χ2n) is 6.91. The van der Waals surface area contributed by atoms with Crippen molar-refractivity contribution in [3.8, 4) is 0 Å². The van der Waals surface area contributed by atoms with Gasteiger partial charge >= 0.3 is 6.09 Å². The Hall–Kier alpha value is -3.34. The van der Waals surface area contributed by atoms with Gasteiger partial charge in [-0.1, -0.05) is 42.5 Å². The van der Waals surface area contributed by atoms with Gasteiger partial charge in [0.1, 0.15) is 5.82 Å². The highest BCUT2D eigenvalue weighted by Gasteiger charge is 2.15. The monoisotopic (exact) mass is 376 g/mol. The molecule has 4 nitrogen and oxygen atoms in total. The van der Waals surface area contributed by atoms with Gasteiger partial charge in [0.05, 0.1) is 13.7 Å². The van der Waals surface area contributed by atoms with Gasteiger partial charge in [-0.05, 0) is 40.1 Å². The van der Waals surface area contributed by atoms with Crippen molar-refractivity contribution in [1.29, 1.82) is 0 Å². The lowest BCUT2D eigenvalue weighted by Gasteiger charge is -2.14. The van der Waals surface area contributed by atoms with Crippen LogP contribution in [0.5, 0.6) is 0 Å². The summed E-state index contributed by atoms with van der Waals surface area (Å²) in [5.41, 5.74) is 3.00. The average Bonchev–Trinajstić information content (AvgIpc) is 3.03. The van der Waals surface area contributed by atoms with Gasteiger partial charge in [-0.15, -0.1) is 0 Å². The molecule has 3 aromatic carbocycles. The summed E-state index contributed by atoms with van der Waals surface area (Å²) in [4.78, 5) is 13.3. The summed E-state index contributed by atoms with van der Waals surface area (Å²) < 4.78 is 20.8. The van der Waals surface area contributed by atoms with Crippen molar-refractivity contribution < 1.29 is 13.9 Å². The number of benzene rings is 3. The zero-order valence-electron chi connectivity index (χ0n) is 15.9. The third-order valence-electron chi connectivity index (χ3n) is 5.04. The maximum absolute atomic E-state index is 13.9. The Morgan fingerprint density at radius 3 is 2.64 bits per heavy atom. The van der Waals surface area contributed by atoms with Gasteiger partial charge < -0.3 is 14.2 Å². The number of methoxy groups -OCH3 is 1. The molecule has 0 spiro atoms. The molecule has 0 saturated heterocycles. The maximum Gasteiger partial charge on any atom is 0.409 e. The van der Waals surface area contributed by atoms with Crippen molar-refractivity contribution in [2.75, 3.05) is 14.2 Å². The Balaban J connectivity index is 1.78. The number of ether oxygens (including phenoxy) is 1. The molecule has 4 aromatic rings. The SMILES string of the molecule is COC(=O)N(C)Cc1cn(Cc2cccc3ccccc23)c2ccc(F)cc12. The Morgan fingerprint density at radius 2 is 1.82 bits per heavy atom. The Morgan fingerprint density at radius 1 is 1.04 bits per heavy atom. The van der Waals surface area contributed by atoms with Crippen LogP contribution in [0.15, 0.2) is 66.9 Å². The molecule has 0 aliphatic rings. The lowest BCUT2D eigenvalue weighted by molar-refractivity contribution is 0.131. The first-order chi connectivity index (χ1) is 13.6. The number of halogens is 1. The number of rotatable bonds is 4. The molecule has 4 rings (SSSR count). The van der Waals surface area contributed by atoms with Crippen molar-refractivity contribution >= 4 is 27.8 Å². The summed E-state index contributed by atoms with van der Waals surface area (Å²) >= 11 is 0. The van der Waals surface area contributed by atoms with Gasteiger partial charge in [0.15, 0.2) is 0 Å². The number of aromatic nitrogens is 1. The summed E-state index contributed by atoms with van der Waals surface area (Å²) in [6.45, 7) is 1.00. The fourth-order valence-corrected chi connectivity index (χ4v) is 3.69. The van der Waals surface area contributed by atoms with E-state index in [9.17, 15) is 9.18 Å². The maximum atomic E-state index is 13.9. The molecule has 0 fully saturated rings. The van der Waals surface area contributed by atoms with E-state index in [0.717, 1.165) is 16.5 Å². The van der Waals surface area contributed by atoms with Crippen LogP contribution in [0.25, 0.3) is 21.7 Å². The summed E-state index contributed by atoms with van der Waals surface area (Å²) in [5, 5.41) is 3.19. The smallest absolute Gasteiger partial charge is 0.409 e. The number of hydrogen-bond donors (Lipinski definition) is 0. The van der Waals surface area contributed by atoms with E-state index < -0.39 is 6.09 Å². The highest BCUT2D eigenvalue weighted by Crippen LogP contribution is 2.27. The second-order valence-corrected chi connectivity index (χ2v) is 6.91. The standard InChI is InChI=1S/C23H21FN2O2/c1-25(23(27)28-2)13-18-15-26(22-11-10-19(24)12-21(18)22)14-17-8-5-7-16-6-3-4-9-20(16)17/h3-12,15H,13-14H2,1-2H3. The Labute approximate surface area is 162 Å². The van der Waals surface area contributed by atoms with E-state index in [1.54, 1.807) is 13.1 Å². The molecule has 1 aromatic heterocycles. The van der Waals surface area contributed by atoms with Crippen LogP contribution in [0.4, 0.5) is 9.18 Å². The molecule has 0 radical (unpaired) electrons. The van der Waals surface area contributed by atoms with Crippen molar-refractivity contribution in [1.82, 2.24) is 9.47 Å². The van der Waals surface area contributed by atoms with Crippen molar-refractivity contribution in [3.63, 3.8) is 0 Å². The quantitative estimate of drug-likeness (QED) is 0.492. The van der Waals surface area contributed by atoms with Crippen molar-refractivity contribution in [2.24, 2.45) is 0 Å². The molecule has 0 unspecified atom stereocenters. The van der Waals surface area contributed by atoms with Crippen LogP contribution in [0.1, 0.15) is 11.1 Å². The fraction of sp³-hybridized carbons (Fsp3) is 0.174. The van der Waals surface area contributed by atoms with Crippen LogP contribution in [0.3, 0.4) is 0 Å². The van der Waals surface area contributed by atoms with Crippen molar-refractivity contribution in [3.05, 3.63) is 83.8 Å². The summed E-state index contributed by atoms with van der Waals surface area (Å²) in [6.07, 6.45) is 1.57. The van der Waals surface area contributed by atoms with Gasteiger partial charge in [-0.3, -0.25) is 0 Å². The number of carbonyl (C=O) groups excluding carboxylic acids is 1. The molecule has 0 aliphatic heterocycles. The van der Waals surface area contributed by atoms with Crippen LogP contribution in [0.2, 0.25) is 0 Å². The van der Waals surface area contributed by atoms with E-state index >= 15 is 0 Å². The van der Waals surface area contributed by atoms with E-state index in [0.29, 0.717) is 13.1 Å². The molecule has 1 amide bonds. The van der Waals surface area contributed by atoms with E-state index in [1.807, 2.05) is 18.3 Å². The van der Waals surface area contributed by atoms with Gasteiger partial charge in [0, 0.05) is 30.7 Å². The molecular formula is C23H21FN2O2. The van der Waals surface area contributed by atoms with Gasteiger partial charge in [0.25, 0.3) is 0 Å². The largest absolute Gasteiger partial charge is 0.453 e. The molecule has 0 bridgehead atoms. The minimum Gasteiger partial charge on any atom is -0.453 e. The summed E-state index contributed by atoms with van der Waals surface area (Å²) in [6, 6.07) is 19.3. The van der Waals surface area contributed by atoms with E-state index in [4.69, 9.17) is 4.74 Å². The van der Waals surface area contributed by atoms with E-state index in [-0.39, 0.29) is 5.82 Å². The summed E-state index contributed by atoms with van der Waals surface area (Å²) in [5.74, 6) is -0.294. The minimum absolute atomic E-state index is 0.294. The molecule has 0 aliphatic carbocycles. The number of amides is 1. The third kappa shape index (κ3) is 3.31. The molecule has 0 N–H and O–H groups in total. The van der Waals surface area contributed by atoms with E-state index in [2.05, 4.69) is 34.9 Å². The minimum atomic E-state index is -0.425. The van der Waals surface area contributed by atoms with Gasteiger partial charge in [-0.2, -0.15) is 0 Å². The van der Waals surface area contributed by atoms with Gasteiger partial charge in [-0.25, -0.2) is 9.18 Å². The fourth-order valence-electron chi connectivity index (χ4n) is 3.69. The number of hydrogen-bond acceptors (Lipinski definition) is 2. The number of carbonyl (C=O) groups is 1.